The molecule has 0 aliphatic rings. The van der Waals surface area contributed by atoms with Crippen LogP contribution in [0, 0.1) is 0 Å². The maximum atomic E-state index is 11.5. The lowest BCUT2D eigenvalue weighted by molar-refractivity contribution is -0.155. The van der Waals surface area contributed by atoms with Crippen molar-refractivity contribution in [2.24, 2.45) is 0 Å². The molecule has 4 nitrogen and oxygen atoms in total. The number of hydrogen-bond donors (Lipinski definition) is 1. The molecule has 94 valence electrons. The molecule has 0 radical (unpaired) electrons. The molecule has 0 fully saturated rings. The van der Waals surface area contributed by atoms with Crippen LogP contribution in [0.1, 0.15) is 27.7 Å². The molecule has 0 saturated heterocycles. The summed E-state index contributed by atoms with van der Waals surface area (Å²) in [4.78, 5) is 13.5. The molecule has 0 amide bonds. The molecule has 0 bridgehead atoms. The summed E-state index contributed by atoms with van der Waals surface area (Å²) in [5, 5.41) is 9.77. The number of likely N-dealkylation sites (N-methyl/N-ethyl adjacent to an activating group) is 1. The highest BCUT2D eigenvalue weighted by atomic mass is 16.6. The lowest BCUT2D eigenvalue weighted by atomic mass is 10.1. The third-order valence-electron chi connectivity index (χ3n) is 2.21. The Morgan fingerprint density at radius 3 is 2.19 bits per heavy atom. The van der Waals surface area contributed by atoms with E-state index in [2.05, 4.69) is 0 Å². The van der Waals surface area contributed by atoms with Crippen LogP contribution < -0.4 is 0 Å². The molecule has 0 rings (SSSR count). The zero-order chi connectivity index (χ0) is 12.9. The van der Waals surface area contributed by atoms with Gasteiger partial charge in [0.15, 0.2) is 6.10 Å². The van der Waals surface area contributed by atoms with E-state index in [0.29, 0.717) is 5.57 Å². The number of carbonyl (C=O) groups is 1. The molecule has 1 N–H and O–H groups in total. The summed E-state index contributed by atoms with van der Waals surface area (Å²) in [6, 6.07) is 0. The number of aliphatic hydroxyl groups is 1. The lowest BCUT2D eigenvalue weighted by Crippen LogP contribution is -2.28. The average molecular weight is 229 g/mol. The number of ether oxygens (including phenoxy) is 1. The quantitative estimate of drug-likeness (QED) is 0.568. The van der Waals surface area contributed by atoms with E-state index in [1.807, 2.05) is 25.9 Å². The summed E-state index contributed by atoms with van der Waals surface area (Å²) in [6.45, 7) is 7.90. The van der Waals surface area contributed by atoms with Crippen LogP contribution in [-0.4, -0.2) is 48.8 Å². The topological polar surface area (TPSA) is 49.8 Å². The summed E-state index contributed by atoms with van der Waals surface area (Å²) in [5.41, 5.74) is 1.65. The summed E-state index contributed by atoms with van der Waals surface area (Å²) in [7, 11) is 3.88. The molecular formula is C12H23NO3. The third-order valence-corrected chi connectivity index (χ3v) is 2.21. The Hall–Kier alpha value is -0.870. The van der Waals surface area contributed by atoms with Crippen LogP contribution >= 0.6 is 0 Å². The van der Waals surface area contributed by atoms with Crippen molar-refractivity contribution in [1.82, 2.24) is 4.90 Å². The number of rotatable bonds is 5. The minimum Gasteiger partial charge on any atom is -0.461 e. The fourth-order valence-corrected chi connectivity index (χ4v) is 1.31. The predicted octanol–water partition coefficient (Wildman–Crippen LogP) is 1.20. The van der Waals surface area contributed by atoms with Crippen molar-refractivity contribution >= 4 is 5.97 Å². The van der Waals surface area contributed by atoms with E-state index in [9.17, 15) is 9.90 Å². The molecule has 0 aliphatic carbocycles. The van der Waals surface area contributed by atoms with Crippen LogP contribution in [0.25, 0.3) is 0 Å². The maximum Gasteiger partial charge on any atom is 0.339 e. The zero-order valence-electron chi connectivity index (χ0n) is 11.1. The number of hydrogen-bond acceptors (Lipinski definition) is 4. The monoisotopic (exact) mass is 229 g/mol. The fraction of sp³-hybridized carbons (Fsp3) is 0.750. The number of aliphatic hydroxyl groups excluding tert-OH is 1. The van der Waals surface area contributed by atoms with Gasteiger partial charge in [0.05, 0.1) is 6.10 Å². The van der Waals surface area contributed by atoms with Gasteiger partial charge in [-0.2, -0.15) is 0 Å². The number of esters is 1. The van der Waals surface area contributed by atoms with Gasteiger partial charge in [-0.1, -0.05) is 5.57 Å². The van der Waals surface area contributed by atoms with Crippen molar-refractivity contribution in [2.45, 2.75) is 39.9 Å². The number of carbonyl (C=O) groups excluding carboxylic acids is 1. The highest BCUT2D eigenvalue weighted by molar-refractivity contribution is 5.78. The van der Waals surface area contributed by atoms with Crippen molar-refractivity contribution in [1.29, 1.82) is 0 Å². The second-order valence-corrected chi connectivity index (χ2v) is 4.59. The zero-order valence-corrected chi connectivity index (χ0v) is 11.1. The van der Waals surface area contributed by atoms with E-state index in [1.165, 1.54) is 0 Å². The Labute approximate surface area is 97.9 Å². The number of nitrogens with zero attached hydrogens (tertiary/aromatic N) is 1. The Bertz CT molecular complexity index is 269. The first-order valence-corrected chi connectivity index (χ1v) is 5.45. The molecule has 0 heterocycles. The van der Waals surface area contributed by atoms with Gasteiger partial charge in [-0.15, -0.1) is 0 Å². The average Bonchev–Trinajstić information content (AvgIpc) is 2.13. The largest absolute Gasteiger partial charge is 0.461 e. The minimum absolute atomic E-state index is 0.205. The van der Waals surface area contributed by atoms with Gasteiger partial charge in [-0.3, -0.25) is 0 Å². The van der Waals surface area contributed by atoms with Gasteiger partial charge in [0.1, 0.15) is 0 Å². The van der Waals surface area contributed by atoms with Crippen LogP contribution in [0.3, 0.4) is 0 Å². The van der Waals surface area contributed by atoms with E-state index in [4.69, 9.17) is 4.74 Å². The van der Waals surface area contributed by atoms with Crippen molar-refractivity contribution < 1.29 is 14.6 Å². The fourth-order valence-electron chi connectivity index (χ4n) is 1.31. The van der Waals surface area contributed by atoms with E-state index >= 15 is 0 Å². The van der Waals surface area contributed by atoms with Gasteiger partial charge in [0.25, 0.3) is 0 Å². The molecule has 0 aromatic heterocycles. The van der Waals surface area contributed by atoms with Crippen LogP contribution in [-0.2, 0) is 9.53 Å². The molecule has 0 saturated carbocycles. The van der Waals surface area contributed by atoms with Crippen molar-refractivity contribution in [3.05, 3.63) is 11.1 Å². The van der Waals surface area contributed by atoms with Gasteiger partial charge in [0, 0.05) is 6.54 Å². The molecular weight excluding hydrogens is 206 g/mol. The highest BCUT2D eigenvalue weighted by Gasteiger charge is 2.21. The predicted molar refractivity (Wildman–Crippen MR) is 64.2 cm³/mol. The van der Waals surface area contributed by atoms with Crippen LogP contribution in [0.5, 0.6) is 0 Å². The normalized spacial score (nSPS) is 15.1. The summed E-state index contributed by atoms with van der Waals surface area (Å²) >= 11 is 0. The molecule has 16 heavy (non-hydrogen) atoms. The SMILES string of the molecule is C/C(CN(C)C)=C(\C)C(O)C(=O)OC(C)C. The second-order valence-electron chi connectivity index (χ2n) is 4.59. The van der Waals surface area contributed by atoms with E-state index < -0.39 is 12.1 Å². The van der Waals surface area contributed by atoms with Crippen molar-refractivity contribution in [2.75, 3.05) is 20.6 Å². The smallest absolute Gasteiger partial charge is 0.339 e. The van der Waals surface area contributed by atoms with Crippen molar-refractivity contribution in [3.8, 4) is 0 Å². The van der Waals surface area contributed by atoms with E-state index in [0.717, 1.165) is 12.1 Å². The lowest BCUT2D eigenvalue weighted by Gasteiger charge is -2.17. The van der Waals surface area contributed by atoms with E-state index in [-0.39, 0.29) is 6.10 Å². The van der Waals surface area contributed by atoms with Gasteiger partial charge in [0.2, 0.25) is 0 Å². The van der Waals surface area contributed by atoms with Crippen LogP contribution in [0.15, 0.2) is 11.1 Å². The Kier molecular flexibility index (Phi) is 6.29. The second kappa shape index (κ2) is 6.66. The van der Waals surface area contributed by atoms with Crippen LogP contribution in [0.4, 0.5) is 0 Å². The van der Waals surface area contributed by atoms with Gasteiger partial charge in [-0.25, -0.2) is 4.79 Å². The maximum absolute atomic E-state index is 11.5. The third kappa shape index (κ3) is 5.28. The summed E-state index contributed by atoms with van der Waals surface area (Å²) in [6.07, 6.45) is -1.36. The molecule has 1 unspecified atom stereocenters. The van der Waals surface area contributed by atoms with Gasteiger partial charge in [-0.05, 0) is 47.4 Å². The molecule has 0 aromatic carbocycles. The standard InChI is InChI=1S/C12H23NO3/c1-8(2)16-12(15)11(14)10(4)9(3)7-13(5)6/h8,11,14H,7H2,1-6H3/b10-9-. The first-order chi connectivity index (χ1) is 7.25. The summed E-state index contributed by atoms with van der Waals surface area (Å²) in [5.74, 6) is -0.578. The Morgan fingerprint density at radius 1 is 1.31 bits per heavy atom. The van der Waals surface area contributed by atoms with Gasteiger partial charge < -0.3 is 14.7 Å². The van der Waals surface area contributed by atoms with Crippen LogP contribution in [0.2, 0.25) is 0 Å². The van der Waals surface area contributed by atoms with E-state index in [1.54, 1.807) is 20.8 Å². The van der Waals surface area contributed by atoms with Gasteiger partial charge >= 0.3 is 5.97 Å². The summed E-state index contributed by atoms with van der Waals surface area (Å²) < 4.78 is 4.95. The molecule has 0 aromatic rings. The molecule has 0 aliphatic heterocycles. The van der Waals surface area contributed by atoms with Crippen molar-refractivity contribution in [3.63, 3.8) is 0 Å². The first-order valence-electron chi connectivity index (χ1n) is 5.45. The molecule has 4 heteroatoms. The Balaban J connectivity index is 4.58. The molecule has 0 spiro atoms. The Morgan fingerprint density at radius 2 is 1.81 bits per heavy atom. The molecule has 1 atom stereocenters. The highest BCUT2D eigenvalue weighted by Crippen LogP contribution is 2.11. The minimum atomic E-state index is -1.15. The first kappa shape index (κ1) is 15.1.